The van der Waals surface area contributed by atoms with Crippen molar-refractivity contribution in [3.05, 3.63) is 11.4 Å². The number of carbonyl (C=O) groups excluding carboxylic acids is 1. The van der Waals surface area contributed by atoms with Crippen LogP contribution in [0.5, 0.6) is 0 Å². The van der Waals surface area contributed by atoms with E-state index in [-0.39, 0.29) is 24.6 Å². The van der Waals surface area contributed by atoms with Gasteiger partial charge in [-0.1, -0.05) is 6.92 Å². The Morgan fingerprint density at radius 2 is 2.00 bits per heavy atom. The molecular weight excluding hydrogens is 270 g/mol. The minimum absolute atomic E-state index is 0.124. The summed E-state index contributed by atoms with van der Waals surface area (Å²) in [4.78, 5) is 11.6. The van der Waals surface area contributed by atoms with Crippen LogP contribution in [-0.2, 0) is 19.6 Å². The molecule has 0 amide bonds. The molecule has 0 aromatic carbocycles. The van der Waals surface area contributed by atoms with Gasteiger partial charge in [0, 0.05) is 6.54 Å². The van der Waals surface area contributed by atoms with Crippen LogP contribution >= 0.6 is 0 Å². The maximum atomic E-state index is 12.5. The van der Waals surface area contributed by atoms with Crippen molar-refractivity contribution in [2.24, 2.45) is 0 Å². The number of aryl methyl sites for hydroxylation is 2. The van der Waals surface area contributed by atoms with Gasteiger partial charge >= 0.3 is 5.97 Å². The van der Waals surface area contributed by atoms with Gasteiger partial charge in [-0.15, -0.1) is 0 Å². The Balaban J connectivity index is 3.06. The number of nitrogens with one attached hydrogen (secondary N) is 1. The fraction of sp³-hybridized carbons (Fsp3) is 0.636. The summed E-state index contributed by atoms with van der Waals surface area (Å²) in [7, 11) is -3.74. The lowest BCUT2D eigenvalue weighted by Crippen LogP contribution is -2.36. The summed E-state index contributed by atoms with van der Waals surface area (Å²) < 4.78 is 30.8. The van der Waals surface area contributed by atoms with Gasteiger partial charge in [0.25, 0.3) is 0 Å². The molecule has 0 spiro atoms. The van der Waals surface area contributed by atoms with Crippen LogP contribution in [0.1, 0.15) is 25.2 Å². The molecule has 0 unspecified atom stereocenters. The molecule has 108 valence electrons. The van der Waals surface area contributed by atoms with Gasteiger partial charge in [-0.05, 0) is 20.8 Å². The number of nitrogens with zero attached hydrogens (tertiary/aromatic N) is 2. The first-order chi connectivity index (χ1) is 8.84. The van der Waals surface area contributed by atoms with Gasteiger partial charge in [0.15, 0.2) is 0 Å². The molecule has 0 aliphatic rings. The Kier molecular flexibility index (Phi) is 5.07. The molecule has 1 N–H and O–H groups in total. The van der Waals surface area contributed by atoms with Crippen LogP contribution in [0.25, 0.3) is 0 Å². The number of rotatable bonds is 6. The van der Waals surface area contributed by atoms with Crippen molar-refractivity contribution < 1.29 is 17.9 Å². The Bertz CT molecular complexity index is 531. The van der Waals surface area contributed by atoms with E-state index in [2.05, 4.69) is 10.2 Å². The average molecular weight is 289 g/mol. The van der Waals surface area contributed by atoms with Crippen molar-refractivity contribution in [3.8, 4) is 0 Å². The summed E-state index contributed by atoms with van der Waals surface area (Å²) in [5, 5.41) is 6.50. The third-order valence-corrected chi connectivity index (χ3v) is 4.81. The van der Waals surface area contributed by atoms with Crippen molar-refractivity contribution in [2.75, 3.05) is 19.7 Å². The van der Waals surface area contributed by atoms with Gasteiger partial charge < -0.3 is 4.74 Å². The average Bonchev–Trinajstić information content (AvgIpc) is 2.66. The van der Waals surface area contributed by atoms with Crippen molar-refractivity contribution in [1.29, 1.82) is 0 Å². The number of H-pyrrole nitrogens is 1. The van der Waals surface area contributed by atoms with E-state index in [0.717, 1.165) is 4.31 Å². The van der Waals surface area contributed by atoms with Crippen molar-refractivity contribution in [2.45, 2.75) is 32.6 Å². The van der Waals surface area contributed by atoms with Gasteiger partial charge in [-0.2, -0.15) is 9.40 Å². The van der Waals surface area contributed by atoms with Gasteiger partial charge in [-0.25, -0.2) is 8.42 Å². The topological polar surface area (TPSA) is 92.4 Å². The van der Waals surface area contributed by atoms with Crippen LogP contribution in [0, 0.1) is 13.8 Å². The molecule has 0 bridgehead atoms. The van der Waals surface area contributed by atoms with Crippen molar-refractivity contribution >= 4 is 16.0 Å². The summed E-state index contributed by atoms with van der Waals surface area (Å²) in [5.41, 5.74) is 0.847. The third-order valence-electron chi connectivity index (χ3n) is 2.62. The number of aromatic amines is 1. The van der Waals surface area contributed by atoms with E-state index < -0.39 is 16.0 Å². The van der Waals surface area contributed by atoms with E-state index in [9.17, 15) is 13.2 Å². The lowest BCUT2D eigenvalue weighted by molar-refractivity contribution is -0.143. The first-order valence-electron chi connectivity index (χ1n) is 6.01. The molecule has 19 heavy (non-hydrogen) atoms. The number of carbonyl (C=O) groups is 1. The highest BCUT2D eigenvalue weighted by molar-refractivity contribution is 7.89. The van der Waals surface area contributed by atoms with Crippen LogP contribution in [-0.4, -0.2) is 48.6 Å². The maximum Gasteiger partial charge on any atom is 0.321 e. The second-order valence-electron chi connectivity index (χ2n) is 4.00. The summed E-state index contributed by atoms with van der Waals surface area (Å²) >= 11 is 0. The van der Waals surface area contributed by atoms with E-state index >= 15 is 0 Å². The highest BCUT2D eigenvalue weighted by atomic mass is 32.2. The van der Waals surface area contributed by atoms with Gasteiger partial charge in [0.05, 0.1) is 18.0 Å². The smallest absolute Gasteiger partial charge is 0.321 e. The molecular formula is C11H19N3O4S. The molecule has 0 atom stereocenters. The molecule has 8 heteroatoms. The first kappa shape index (κ1) is 15.6. The Morgan fingerprint density at radius 1 is 1.37 bits per heavy atom. The molecule has 1 aromatic heterocycles. The number of ether oxygens (including phenoxy) is 1. The van der Waals surface area contributed by atoms with Gasteiger partial charge in [-0.3, -0.25) is 9.89 Å². The van der Waals surface area contributed by atoms with E-state index in [0.29, 0.717) is 11.4 Å². The van der Waals surface area contributed by atoms with Crippen molar-refractivity contribution in [3.63, 3.8) is 0 Å². The Morgan fingerprint density at radius 3 is 2.42 bits per heavy atom. The quantitative estimate of drug-likeness (QED) is 0.774. The number of esters is 1. The van der Waals surface area contributed by atoms with E-state index in [1.807, 2.05) is 0 Å². The second kappa shape index (κ2) is 6.16. The highest BCUT2D eigenvalue weighted by Gasteiger charge is 2.30. The fourth-order valence-corrected chi connectivity index (χ4v) is 3.49. The molecule has 7 nitrogen and oxygen atoms in total. The molecule has 0 saturated heterocycles. The maximum absolute atomic E-state index is 12.5. The molecule has 0 radical (unpaired) electrons. The standard InChI is InChI=1S/C11H19N3O4S/c1-5-14(7-10(15)18-6-2)19(16,17)11-8(3)12-13-9(11)4/h5-7H2,1-4H3,(H,12,13). The first-order valence-corrected chi connectivity index (χ1v) is 7.45. The lowest BCUT2D eigenvalue weighted by atomic mass is 10.4. The monoisotopic (exact) mass is 289 g/mol. The molecule has 1 aromatic rings. The van der Waals surface area contributed by atoms with Gasteiger partial charge in [0.1, 0.15) is 11.4 Å². The minimum atomic E-state index is -3.74. The minimum Gasteiger partial charge on any atom is -0.465 e. The number of hydrogen-bond acceptors (Lipinski definition) is 5. The number of likely N-dealkylation sites (N-methyl/N-ethyl adjacent to an activating group) is 1. The van der Waals surface area contributed by atoms with Crippen LogP contribution in [0.2, 0.25) is 0 Å². The van der Waals surface area contributed by atoms with E-state index in [1.165, 1.54) is 0 Å². The lowest BCUT2D eigenvalue weighted by Gasteiger charge is -2.19. The third kappa shape index (κ3) is 3.32. The second-order valence-corrected chi connectivity index (χ2v) is 5.87. The van der Waals surface area contributed by atoms with Crippen LogP contribution in [0.4, 0.5) is 0 Å². The Labute approximate surface area is 113 Å². The molecule has 0 saturated carbocycles. The summed E-state index contributed by atoms with van der Waals surface area (Å²) in [6, 6.07) is 0. The zero-order valence-corrected chi connectivity index (χ0v) is 12.4. The van der Waals surface area contributed by atoms with Crippen molar-refractivity contribution in [1.82, 2.24) is 14.5 Å². The molecule has 1 rings (SSSR count). The fourth-order valence-electron chi connectivity index (χ4n) is 1.77. The number of hydrogen-bond donors (Lipinski definition) is 1. The zero-order valence-electron chi connectivity index (χ0n) is 11.6. The number of sulfonamides is 1. The zero-order chi connectivity index (χ0) is 14.6. The highest BCUT2D eigenvalue weighted by Crippen LogP contribution is 2.21. The van der Waals surface area contributed by atoms with Crippen LogP contribution < -0.4 is 0 Å². The number of aromatic nitrogens is 2. The van der Waals surface area contributed by atoms with E-state index in [1.54, 1.807) is 27.7 Å². The van der Waals surface area contributed by atoms with Crippen LogP contribution in [0.15, 0.2) is 4.90 Å². The van der Waals surface area contributed by atoms with E-state index in [4.69, 9.17) is 4.74 Å². The predicted octanol–water partition coefficient (Wildman–Crippen LogP) is 0.600. The van der Waals surface area contributed by atoms with Crippen LogP contribution in [0.3, 0.4) is 0 Å². The molecule has 1 heterocycles. The van der Waals surface area contributed by atoms with Gasteiger partial charge in [0.2, 0.25) is 10.0 Å². The summed E-state index contributed by atoms with van der Waals surface area (Å²) in [6.45, 7) is 6.69. The normalized spacial score (nSPS) is 11.8. The molecule has 0 fully saturated rings. The summed E-state index contributed by atoms with van der Waals surface area (Å²) in [5.74, 6) is -0.563. The summed E-state index contributed by atoms with van der Waals surface area (Å²) in [6.07, 6.45) is 0. The largest absolute Gasteiger partial charge is 0.465 e. The molecule has 0 aliphatic carbocycles. The predicted molar refractivity (Wildman–Crippen MR) is 69.1 cm³/mol. The SMILES string of the molecule is CCOC(=O)CN(CC)S(=O)(=O)c1c(C)n[nH]c1C. The Hall–Kier alpha value is -1.41. The molecule has 0 aliphatic heterocycles.